The van der Waals surface area contributed by atoms with Crippen LogP contribution in [0.4, 0.5) is 5.69 Å². The molecule has 1 N–H and O–H groups in total. The van der Waals surface area contributed by atoms with Crippen molar-refractivity contribution in [1.29, 1.82) is 0 Å². The highest BCUT2D eigenvalue weighted by Crippen LogP contribution is 2.30. The zero-order chi connectivity index (χ0) is 21.8. The summed E-state index contributed by atoms with van der Waals surface area (Å²) in [4.78, 5) is 27.2. The van der Waals surface area contributed by atoms with Gasteiger partial charge in [0.2, 0.25) is 5.01 Å². The van der Waals surface area contributed by atoms with Crippen LogP contribution in [-0.2, 0) is 0 Å². The fourth-order valence-electron chi connectivity index (χ4n) is 3.52. The minimum Gasteiger partial charge on any atom is -0.497 e. The highest BCUT2D eigenvalue weighted by Gasteiger charge is 2.28. The number of halogens is 1. The van der Waals surface area contributed by atoms with E-state index < -0.39 is 0 Å². The van der Waals surface area contributed by atoms with E-state index in [0.29, 0.717) is 35.1 Å². The minimum absolute atomic E-state index is 0.0178. The molecule has 160 valence electrons. The molecule has 1 aliphatic heterocycles. The van der Waals surface area contributed by atoms with Crippen LogP contribution >= 0.6 is 22.9 Å². The van der Waals surface area contributed by atoms with Gasteiger partial charge in [-0.15, -0.1) is 10.2 Å². The molecule has 2 amide bonds. The molecular weight excluding hydrogens is 436 g/mol. The molecule has 2 aromatic carbocycles. The number of aromatic nitrogens is 2. The highest BCUT2D eigenvalue weighted by atomic mass is 35.5. The Bertz CT molecular complexity index is 1090. The molecule has 1 fully saturated rings. The molecule has 31 heavy (non-hydrogen) atoms. The Morgan fingerprint density at radius 2 is 2.00 bits per heavy atom. The number of nitrogens with zero attached hydrogens (tertiary/aromatic N) is 3. The summed E-state index contributed by atoms with van der Waals surface area (Å²) in [5.74, 6) is 0.426. The zero-order valence-electron chi connectivity index (χ0n) is 16.9. The van der Waals surface area contributed by atoms with Gasteiger partial charge in [0.15, 0.2) is 0 Å². The molecular formula is C22H21ClN4O3S. The Balaban J connectivity index is 1.42. The number of benzene rings is 2. The lowest BCUT2D eigenvalue weighted by Crippen LogP contribution is -2.39. The van der Waals surface area contributed by atoms with Gasteiger partial charge in [-0.05, 0) is 55.3 Å². The van der Waals surface area contributed by atoms with Crippen molar-refractivity contribution < 1.29 is 14.3 Å². The molecule has 3 aromatic rings. The Kier molecular flexibility index (Phi) is 6.48. The smallest absolute Gasteiger partial charge is 0.286 e. The number of ether oxygens (including phenoxy) is 1. The van der Waals surface area contributed by atoms with E-state index in [2.05, 4.69) is 15.5 Å². The number of nitrogens with one attached hydrogen (secondary N) is 1. The van der Waals surface area contributed by atoms with Crippen LogP contribution in [0.1, 0.15) is 43.9 Å². The monoisotopic (exact) mass is 456 g/mol. The fraction of sp³-hybridized carbons (Fsp3) is 0.273. The van der Waals surface area contributed by atoms with E-state index in [4.69, 9.17) is 16.3 Å². The number of hydrogen-bond acceptors (Lipinski definition) is 6. The van der Waals surface area contributed by atoms with E-state index in [1.54, 1.807) is 55.6 Å². The standard InChI is InChI=1S/C22H21ClN4O3S/c1-30-18-9-7-14(8-10-18)22(29)27-11-3-4-15(13-27)20-25-26-21(31-20)19(28)24-17-6-2-5-16(23)12-17/h2,5-10,12,15H,3-4,11,13H2,1H3,(H,24,28)/t15-/m0/s1. The van der Waals surface area contributed by atoms with Crippen LogP contribution in [0.2, 0.25) is 5.02 Å². The number of carbonyl (C=O) groups excluding carboxylic acids is 2. The topological polar surface area (TPSA) is 84.4 Å². The van der Waals surface area contributed by atoms with Crippen LogP contribution in [0.5, 0.6) is 5.75 Å². The first-order chi connectivity index (χ1) is 15.0. The van der Waals surface area contributed by atoms with Gasteiger partial charge < -0.3 is 15.0 Å². The van der Waals surface area contributed by atoms with Gasteiger partial charge >= 0.3 is 0 Å². The van der Waals surface area contributed by atoms with Crippen molar-refractivity contribution >= 4 is 40.4 Å². The molecule has 0 saturated carbocycles. The molecule has 0 aliphatic carbocycles. The van der Waals surface area contributed by atoms with Crippen molar-refractivity contribution in [3.63, 3.8) is 0 Å². The van der Waals surface area contributed by atoms with Crippen molar-refractivity contribution in [2.45, 2.75) is 18.8 Å². The molecule has 0 spiro atoms. The van der Waals surface area contributed by atoms with Gasteiger partial charge in [0.1, 0.15) is 10.8 Å². The maximum absolute atomic E-state index is 12.9. The molecule has 2 heterocycles. The quantitative estimate of drug-likeness (QED) is 0.612. The van der Waals surface area contributed by atoms with Crippen molar-refractivity contribution in [2.24, 2.45) is 0 Å². The predicted molar refractivity (Wildman–Crippen MR) is 120 cm³/mol. The second-order valence-electron chi connectivity index (χ2n) is 7.23. The minimum atomic E-state index is -0.326. The van der Waals surface area contributed by atoms with Crippen LogP contribution in [0.15, 0.2) is 48.5 Å². The second kappa shape index (κ2) is 9.45. The van der Waals surface area contributed by atoms with Crippen molar-refractivity contribution in [2.75, 3.05) is 25.5 Å². The van der Waals surface area contributed by atoms with E-state index in [9.17, 15) is 9.59 Å². The van der Waals surface area contributed by atoms with Crippen LogP contribution < -0.4 is 10.1 Å². The molecule has 1 aliphatic rings. The molecule has 1 atom stereocenters. The second-order valence-corrected chi connectivity index (χ2v) is 8.67. The Labute approximate surface area is 189 Å². The first kappa shape index (κ1) is 21.3. The average Bonchev–Trinajstić information content (AvgIpc) is 3.29. The largest absolute Gasteiger partial charge is 0.497 e. The summed E-state index contributed by atoms with van der Waals surface area (Å²) in [6.07, 6.45) is 1.77. The lowest BCUT2D eigenvalue weighted by atomic mass is 9.98. The third-order valence-electron chi connectivity index (χ3n) is 5.11. The van der Waals surface area contributed by atoms with Gasteiger partial charge in [0.25, 0.3) is 11.8 Å². The summed E-state index contributed by atoms with van der Waals surface area (Å²) in [5.41, 5.74) is 1.23. The number of likely N-dealkylation sites (tertiary alicyclic amines) is 1. The molecule has 0 bridgehead atoms. The first-order valence-electron chi connectivity index (χ1n) is 9.87. The molecule has 1 aromatic heterocycles. The average molecular weight is 457 g/mol. The van der Waals surface area contributed by atoms with Crippen molar-refractivity contribution in [3.05, 3.63) is 69.1 Å². The van der Waals surface area contributed by atoms with Gasteiger partial charge in [0.05, 0.1) is 7.11 Å². The van der Waals surface area contributed by atoms with Crippen LogP contribution in [0.3, 0.4) is 0 Å². The molecule has 9 heteroatoms. The lowest BCUT2D eigenvalue weighted by molar-refractivity contribution is 0.0706. The fourth-order valence-corrected chi connectivity index (χ4v) is 4.58. The van der Waals surface area contributed by atoms with E-state index in [1.165, 1.54) is 11.3 Å². The molecule has 7 nitrogen and oxygen atoms in total. The van der Waals surface area contributed by atoms with Gasteiger partial charge in [-0.25, -0.2) is 0 Å². The summed E-state index contributed by atoms with van der Waals surface area (Å²) < 4.78 is 5.16. The first-order valence-corrected chi connectivity index (χ1v) is 11.1. The van der Waals surface area contributed by atoms with Gasteiger partial charge in [-0.3, -0.25) is 9.59 Å². The third-order valence-corrected chi connectivity index (χ3v) is 6.43. The van der Waals surface area contributed by atoms with Gasteiger partial charge in [-0.2, -0.15) is 0 Å². The lowest BCUT2D eigenvalue weighted by Gasteiger charge is -2.31. The SMILES string of the molecule is COc1ccc(C(=O)N2CCC[C@H](c3nnc(C(=O)Nc4cccc(Cl)c4)s3)C2)cc1. The highest BCUT2D eigenvalue weighted by molar-refractivity contribution is 7.13. The number of anilines is 1. The molecule has 1 saturated heterocycles. The maximum Gasteiger partial charge on any atom is 0.286 e. The van der Waals surface area contributed by atoms with Crippen LogP contribution in [0, 0.1) is 0 Å². The van der Waals surface area contributed by atoms with Crippen molar-refractivity contribution in [3.8, 4) is 5.75 Å². The summed E-state index contributed by atoms with van der Waals surface area (Å²) >= 11 is 7.23. The number of methoxy groups -OCH3 is 1. The molecule has 0 radical (unpaired) electrons. The number of rotatable bonds is 5. The Hall–Kier alpha value is -2.97. The van der Waals surface area contributed by atoms with Crippen LogP contribution in [-0.4, -0.2) is 47.1 Å². The van der Waals surface area contributed by atoms with Crippen LogP contribution in [0.25, 0.3) is 0 Å². The summed E-state index contributed by atoms with van der Waals surface area (Å²) in [5, 5.41) is 12.7. The summed E-state index contributed by atoms with van der Waals surface area (Å²) in [6.45, 7) is 1.25. The van der Waals surface area contributed by atoms with Gasteiger partial charge in [0, 0.05) is 35.3 Å². The Morgan fingerprint density at radius 1 is 1.19 bits per heavy atom. The van der Waals surface area contributed by atoms with E-state index >= 15 is 0 Å². The predicted octanol–water partition coefficient (Wildman–Crippen LogP) is 4.47. The number of amides is 2. The van der Waals surface area contributed by atoms with Crippen molar-refractivity contribution in [1.82, 2.24) is 15.1 Å². The number of piperidine rings is 1. The van der Waals surface area contributed by atoms with E-state index in [0.717, 1.165) is 17.8 Å². The zero-order valence-corrected chi connectivity index (χ0v) is 18.4. The number of carbonyl (C=O) groups is 2. The van der Waals surface area contributed by atoms with E-state index in [-0.39, 0.29) is 22.7 Å². The summed E-state index contributed by atoms with van der Waals surface area (Å²) in [6, 6.07) is 14.0. The van der Waals surface area contributed by atoms with Gasteiger partial charge in [-0.1, -0.05) is 29.0 Å². The molecule has 4 rings (SSSR count). The third kappa shape index (κ3) is 5.03. The Morgan fingerprint density at radius 3 is 2.74 bits per heavy atom. The van der Waals surface area contributed by atoms with E-state index in [1.807, 2.05) is 4.90 Å². The molecule has 0 unspecified atom stereocenters. The maximum atomic E-state index is 12.9. The number of hydrogen-bond donors (Lipinski definition) is 1. The summed E-state index contributed by atoms with van der Waals surface area (Å²) in [7, 11) is 1.59. The normalized spacial score (nSPS) is 16.1.